The van der Waals surface area contributed by atoms with E-state index < -0.39 is 21.2 Å². The van der Waals surface area contributed by atoms with Gasteiger partial charge in [-0.25, -0.2) is 17.3 Å². The zero-order valence-corrected chi connectivity index (χ0v) is 24.9. The van der Waals surface area contributed by atoms with E-state index in [9.17, 15) is 17.6 Å². The van der Waals surface area contributed by atoms with Crippen molar-refractivity contribution in [2.24, 2.45) is 0 Å². The normalized spacial score (nSPS) is 15.6. The third kappa shape index (κ3) is 5.43. The van der Waals surface area contributed by atoms with Gasteiger partial charge in [0.05, 0.1) is 29.4 Å². The van der Waals surface area contributed by atoms with Gasteiger partial charge in [-0.3, -0.25) is 4.79 Å². The van der Waals surface area contributed by atoms with Crippen LogP contribution in [0.25, 0.3) is 16.8 Å². The highest BCUT2D eigenvalue weighted by Gasteiger charge is 2.41. The van der Waals surface area contributed by atoms with Crippen LogP contribution in [0.4, 0.5) is 21.7 Å². The minimum atomic E-state index is -3.39. The molecule has 1 aliphatic rings. The van der Waals surface area contributed by atoms with Crippen LogP contribution < -0.4 is 15.4 Å². The topological polar surface area (TPSA) is 115 Å². The van der Waals surface area contributed by atoms with Crippen molar-refractivity contribution < 1.29 is 22.3 Å². The van der Waals surface area contributed by atoms with Crippen molar-refractivity contribution in [1.82, 2.24) is 14.6 Å². The first kappa shape index (κ1) is 28.4. The van der Waals surface area contributed by atoms with E-state index in [0.29, 0.717) is 33.6 Å². The van der Waals surface area contributed by atoms with Gasteiger partial charge in [-0.15, -0.1) is 5.10 Å². The Kier molecular flexibility index (Phi) is 6.92. The maximum atomic E-state index is 13.2. The fourth-order valence-corrected chi connectivity index (χ4v) is 7.59. The van der Waals surface area contributed by atoms with Gasteiger partial charge in [0.25, 0.3) is 0 Å². The monoisotopic (exact) mass is 599 g/mol. The number of nitrogens with one attached hydrogen (secondary N) is 2. The van der Waals surface area contributed by atoms with Crippen molar-refractivity contribution in [3.05, 3.63) is 95.9 Å². The van der Waals surface area contributed by atoms with Gasteiger partial charge in [-0.2, -0.15) is 4.98 Å². The summed E-state index contributed by atoms with van der Waals surface area (Å²) < 4.78 is 45.8. The summed E-state index contributed by atoms with van der Waals surface area (Å²) in [6, 6.07) is 20.5. The Morgan fingerprint density at radius 3 is 2.42 bits per heavy atom. The highest BCUT2D eigenvalue weighted by atomic mass is 32.2. The Bertz CT molecular complexity index is 1970. The lowest BCUT2D eigenvalue weighted by atomic mass is 9.87. The van der Waals surface area contributed by atoms with Crippen LogP contribution in [-0.2, 0) is 20.0 Å². The van der Waals surface area contributed by atoms with Crippen LogP contribution in [0, 0.1) is 5.82 Å². The number of anilines is 3. The molecule has 0 spiro atoms. The Morgan fingerprint density at radius 1 is 1.02 bits per heavy atom. The van der Waals surface area contributed by atoms with E-state index in [2.05, 4.69) is 20.7 Å². The molecule has 5 aromatic rings. The van der Waals surface area contributed by atoms with Gasteiger partial charge in [0.2, 0.25) is 11.9 Å². The zero-order chi connectivity index (χ0) is 30.5. The Hall–Kier alpha value is -4.77. The largest absolute Gasteiger partial charge is 0.495 e. The second-order valence-corrected chi connectivity index (χ2v) is 13.3. The standard InChI is InChI=1S/C32H30FN5O4S/c1-19(20-5-10-23(33)11-6-20)30(39)34-24-12-7-21(8-13-24)22-9-14-29-36-31(37-38(29)17-22)35-26-15-25-28(16-27(26)42-4)43(40,41)18-32(25,2)3/h5-17,19H,18H2,1-4H3,(H,34,39)(H,35,37)/t19-/m1/s1. The van der Waals surface area contributed by atoms with Crippen LogP contribution in [0.3, 0.4) is 0 Å². The Balaban J connectivity index is 1.20. The van der Waals surface area contributed by atoms with Crippen molar-refractivity contribution in [3.63, 3.8) is 0 Å². The second kappa shape index (κ2) is 10.5. The van der Waals surface area contributed by atoms with Gasteiger partial charge in [0.15, 0.2) is 15.5 Å². The number of fused-ring (bicyclic) bond motifs is 2. The van der Waals surface area contributed by atoms with Crippen LogP contribution in [0.2, 0.25) is 0 Å². The number of pyridine rings is 1. The minimum Gasteiger partial charge on any atom is -0.495 e. The zero-order valence-electron chi connectivity index (χ0n) is 24.1. The Labute approximate surface area is 248 Å². The third-order valence-electron chi connectivity index (χ3n) is 7.74. The molecule has 1 amide bonds. The molecule has 1 atom stereocenters. The van der Waals surface area contributed by atoms with E-state index in [-0.39, 0.29) is 17.5 Å². The molecule has 9 nitrogen and oxygen atoms in total. The molecule has 3 heterocycles. The fraction of sp³-hybridized carbons (Fsp3) is 0.219. The van der Waals surface area contributed by atoms with Crippen molar-refractivity contribution in [1.29, 1.82) is 0 Å². The van der Waals surface area contributed by atoms with E-state index >= 15 is 0 Å². The summed E-state index contributed by atoms with van der Waals surface area (Å²) in [6.45, 7) is 5.59. The highest BCUT2D eigenvalue weighted by Crippen LogP contribution is 2.44. The lowest BCUT2D eigenvalue weighted by Crippen LogP contribution is -2.19. The predicted octanol–water partition coefficient (Wildman–Crippen LogP) is 6.09. The number of benzene rings is 3. The molecular formula is C32H30FN5O4S. The highest BCUT2D eigenvalue weighted by molar-refractivity contribution is 7.91. The number of carbonyl (C=O) groups is 1. The summed E-state index contributed by atoms with van der Waals surface area (Å²) in [7, 11) is -1.90. The lowest BCUT2D eigenvalue weighted by Gasteiger charge is -2.18. The van der Waals surface area contributed by atoms with Crippen molar-refractivity contribution >= 4 is 38.7 Å². The molecule has 0 radical (unpaired) electrons. The van der Waals surface area contributed by atoms with Crippen LogP contribution in [0.5, 0.6) is 5.75 Å². The lowest BCUT2D eigenvalue weighted by molar-refractivity contribution is -0.117. The van der Waals surface area contributed by atoms with Crippen molar-refractivity contribution in [3.8, 4) is 16.9 Å². The van der Waals surface area contributed by atoms with E-state index in [4.69, 9.17) is 4.74 Å². The van der Waals surface area contributed by atoms with Gasteiger partial charge >= 0.3 is 0 Å². The van der Waals surface area contributed by atoms with Gasteiger partial charge in [-0.05, 0) is 66.1 Å². The number of rotatable bonds is 7. The van der Waals surface area contributed by atoms with Gasteiger partial charge < -0.3 is 15.4 Å². The predicted molar refractivity (Wildman–Crippen MR) is 163 cm³/mol. The molecule has 220 valence electrons. The molecule has 11 heteroatoms. The van der Waals surface area contributed by atoms with Gasteiger partial charge in [0.1, 0.15) is 11.6 Å². The van der Waals surface area contributed by atoms with E-state index in [1.807, 2.05) is 56.4 Å². The first-order valence-corrected chi connectivity index (χ1v) is 15.3. The first-order valence-electron chi connectivity index (χ1n) is 13.7. The number of hydrogen-bond acceptors (Lipinski definition) is 7. The summed E-state index contributed by atoms with van der Waals surface area (Å²) in [6.07, 6.45) is 1.85. The molecule has 2 aromatic heterocycles. The number of hydrogen-bond donors (Lipinski definition) is 2. The average Bonchev–Trinajstić information content (AvgIpc) is 3.45. The summed E-state index contributed by atoms with van der Waals surface area (Å²) in [5.41, 5.74) is 4.58. The van der Waals surface area contributed by atoms with Gasteiger partial charge in [0, 0.05) is 28.9 Å². The average molecular weight is 600 g/mol. The molecule has 43 heavy (non-hydrogen) atoms. The summed E-state index contributed by atoms with van der Waals surface area (Å²) in [5, 5.41) is 10.7. The maximum absolute atomic E-state index is 13.2. The number of nitrogens with zero attached hydrogens (tertiary/aromatic N) is 3. The minimum absolute atomic E-state index is 0.0415. The molecule has 0 aliphatic carbocycles. The molecule has 6 rings (SSSR count). The van der Waals surface area contributed by atoms with Crippen LogP contribution >= 0.6 is 0 Å². The number of aromatic nitrogens is 3. The molecule has 0 saturated heterocycles. The second-order valence-electron chi connectivity index (χ2n) is 11.3. The fourth-order valence-electron chi connectivity index (χ4n) is 5.37. The molecule has 1 aliphatic heterocycles. The number of methoxy groups -OCH3 is 1. The van der Waals surface area contributed by atoms with E-state index in [1.165, 1.54) is 19.2 Å². The molecule has 0 saturated carbocycles. The number of sulfone groups is 1. The molecule has 0 unspecified atom stereocenters. The van der Waals surface area contributed by atoms with Crippen LogP contribution in [-0.4, -0.2) is 41.8 Å². The molecule has 0 fully saturated rings. The first-order chi connectivity index (χ1) is 20.4. The Morgan fingerprint density at radius 2 is 1.72 bits per heavy atom. The maximum Gasteiger partial charge on any atom is 0.247 e. The summed E-state index contributed by atoms with van der Waals surface area (Å²) >= 11 is 0. The van der Waals surface area contributed by atoms with Crippen LogP contribution in [0.1, 0.15) is 37.8 Å². The number of ether oxygens (including phenoxy) is 1. The smallest absolute Gasteiger partial charge is 0.247 e. The summed E-state index contributed by atoms with van der Waals surface area (Å²) in [5.74, 6) is -0.199. The van der Waals surface area contributed by atoms with E-state index in [1.54, 1.807) is 35.7 Å². The molecule has 0 bridgehead atoms. The number of amides is 1. The van der Waals surface area contributed by atoms with E-state index in [0.717, 1.165) is 22.3 Å². The molecular weight excluding hydrogens is 569 g/mol. The van der Waals surface area contributed by atoms with Crippen LogP contribution in [0.15, 0.2) is 83.9 Å². The number of carbonyl (C=O) groups excluding carboxylic acids is 1. The van der Waals surface area contributed by atoms with Crippen molar-refractivity contribution in [2.45, 2.75) is 37.0 Å². The number of halogens is 1. The SMILES string of the molecule is COc1cc2c(cc1Nc1nc3ccc(-c4ccc(NC(=O)[C@H](C)c5ccc(F)cc5)cc4)cn3n1)C(C)(C)CS2(=O)=O. The van der Waals surface area contributed by atoms with Gasteiger partial charge in [-0.1, -0.05) is 38.1 Å². The third-order valence-corrected chi connectivity index (χ3v) is 9.85. The molecule has 2 N–H and O–H groups in total. The summed E-state index contributed by atoms with van der Waals surface area (Å²) in [4.78, 5) is 17.6. The quantitative estimate of drug-likeness (QED) is 0.233. The molecule has 3 aromatic carbocycles. The van der Waals surface area contributed by atoms with Crippen molar-refractivity contribution in [2.75, 3.05) is 23.5 Å².